The second kappa shape index (κ2) is 26.7. The molecule has 0 spiro atoms. The Morgan fingerprint density at radius 2 is 1.13 bits per heavy atom. The third-order valence-electron chi connectivity index (χ3n) is 9.21. The molecule has 0 aromatic heterocycles. The molecule has 2 heterocycles. The van der Waals surface area contributed by atoms with E-state index in [-0.39, 0.29) is 61.1 Å². The highest BCUT2D eigenvalue weighted by atomic mass is 35.5. The molecule has 3 aromatic rings. The maximum atomic E-state index is 15.0. The van der Waals surface area contributed by atoms with Crippen molar-refractivity contribution in [1.82, 2.24) is 16.0 Å². The van der Waals surface area contributed by atoms with Crippen LogP contribution in [0.2, 0.25) is 0 Å². The van der Waals surface area contributed by atoms with Gasteiger partial charge in [-0.3, -0.25) is 19.4 Å². The summed E-state index contributed by atoms with van der Waals surface area (Å²) in [6, 6.07) is 12.3. The number of benzene rings is 3. The molecule has 3 N–H and O–H groups in total. The second-order valence-electron chi connectivity index (χ2n) is 13.4. The molecule has 18 heteroatoms. The van der Waals surface area contributed by atoms with Crippen molar-refractivity contribution in [2.24, 2.45) is 4.99 Å². The number of ketones is 1. The van der Waals surface area contributed by atoms with Gasteiger partial charge in [-0.05, 0) is 47.5 Å². The van der Waals surface area contributed by atoms with Crippen LogP contribution in [-0.4, -0.2) is 149 Å². The number of ether oxygens (including phenoxy) is 8. The van der Waals surface area contributed by atoms with Crippen LogP contribution < -0.4 is 20.7 Å². The fraction of sp³-hybridized carbons (Fsp3) is 0.476. The van der Waals surface area contributed by atoms with Crippen LogP contribution in [0.4, 0.5) is 8.78 Å². The Kier molecular flexibility index (Phi) is 21.5. The molecule has 15 nitrogen and oxygen atoms in total. The summed E-state index contributed by atoms with van der Waals surface area (Å²) < 4.78 is 72.4. The van der Waals surface area contributed by atoms with Gasteiger partial charge in [-0.25, -0.2) is 8.78 Å². The lowest BCUT2D eigenvalue weighted by atomic mass is 10.00. The zero-order valence-electron chi connectivity index (χ0n) is 33.6. The Morgan fingerprint density at radius 1 is 0.650 bits per heavy atom. The molecule has 1 saturated heterocycles. The van der Waals surface area contributed by atoms with Gasteiger partial charge in [0, 0.05) is 43.1 Å². The third-order valence-corrected chi connectivity index (χ3v) is 9.21. The van der Waals surface area contributed by atoms with E-state index in [1.54, 1.807) is 19.4 Å². The van der Waals surface area contributed by atoms with Crippen LogP contribution in [0.1, 0.15) is 47.8 Å². The first-order chi connectivity index (χ1) is 28.9. The number of rotatable bonds is 28. The summed E-state index contributed by atoms with van der Waals surface area (Å²) in [4.78, 5) is 43.8. The number of nitrogens with one attached hydrogen (secondary N) is 3. The van der Waals surface area contributed by atoms with Crippen molar-refractivity contribution in [3.8, 4) is 5.75 Å². The average Bonchev–Trinajstić information content (AvgIpc) is 3.91. The molecule has 1 fully saturated rings. The highest BCUT2D eigenvalue weighted by Gasteiger charge is 2.31. The number of carbonyl (C=O) groups is 3. The molecule has 2 aliphatic rings. The maximum absolute atomic E-state index is 15.0. The molecule has 2 amide bonds. The summed E-state index contributed by atoms with van der Waals surface area (Å²) in [6.45, 7) is 6.69. The minimum absolute atomic E-state index is 0. The average molecular weight is 863 g/mol. The first-order valence-electron chi connectivity index (χ1n) is 19.5. The van der Waals surface area contributed by atoms with E-state index in [9.17, 15) is 18.8 Å². The van der Waals surface area contributed by atoms with Crippen LogP contribution in [0.15, 0.2) is 59.6 Å². The summed E-state index contributed by atoms with van der Waals surface area (Å²) >= 11 is 0. The van der Waals surface area contributed by atoms with Gasteiger partial charge >= 0.3 is 0 Å². The third kappa shape index (κ3) is 15.2. The first-order valence-corrected chi connectivity index (χ1v) is 19.5. The predicted molar refractivity (Wildman–Crippen MR) is 219 cm³/mol. The van der Waals surface area contributed by atoms with Crippen molar-refractivity contribution in [3.05, 3.63) is 99.6 Å². The van der Waals surface area contributed by atoms with Crippen molar-refractivity contribution < 1.29 is 61.1 Å². The van der Waals surface area contributed by atoms with E-state index in [0.717, 1.165) is 17.2 Å². The minimum Gasteiger partial charge on any atom is -0.490 e. The number of methoxy groups -OCH3 is 1. The summed E-state index contributed by atoms with van der Waals surface area (Å²) in [5.41, 5.74) is 2.17. The molecule has 0 unspecified atom stereocenters. The van der Waals surface area contributed by atoms with Crippen LogP contribution in [0.25, 0.3) is 0 Å². The van der Waals surface area contributed by atoms with Gasteiger partial charge in [-0.1, -0.05) is 18.2 Å². The monoisotopic (exact) mass is 862 g/mol. The van der Waals surface area contributed by atoms with Gasteiger partial charge in [-0.2, -0.15) is 0 Å². The van der Waals surface area contributed by atoms with E-state index in [2.05, 4.69) is 20.9 Å². The molecule has 2 atom stereocenters. The van der Waals surface area contributed by atoms with E-state index in [0.29, 0.717) is 97.9 Å². The maximum Gasteiger partial charge on any atom is 0.251 e. The number of nitrogens with zero attached hydrogens (tertiary/aromatic N) is 1. The van der Waals surface area contributed by atoms with Crippen LogP contribution in [0.3, 0.4) is 0 Å². The van der Waals surface area contributed by atoms with Gasteiger partial charge in [0.15, 0.2) is 17.4 Å². The molecule has 0 bridgehead atoms. The minimum atomic E-state index is -1.35. The van der Waals surface area contributed by atoms with Gasteiger partial charge in [0.25, 0.3) is 11.8 Å². The van der Waals surface area contributed by atoms with Crippen molar-refractivity contribution >= 4 is 36.2 Å². The first kappa shape index (κ1) is 48.2. The summed E-state index contributed by atoms with van der Waals surface area (Å²) in [5, 5.41) is 9.11. The Bertz CT molecular complexity index is 1840. The highest BCUT2D eigenvalue weighted by Crippen LogP contribution is 2.27. The number of aliphatic imine (C=N–C) groups is 1. The SMILES string of the molecule is COCCOCCOCCOCCOCCOCCOCCOc1ccc(F)c(F)c1C(=O)c1ccc(C(=O)N[C@@H]2CNC[C@H]2NC(=O)c2ccc3c(c2)CN=C3)cc1.Cl. The number of carbonyl (C=O) groups excluding carboxylic acids is 3. The van der Waals surface area contributed by atoms with Gasteiger partial charge in [0.2, 0.25) is 0 Å². The molecule has 0 saturated carbocycles. The molecule has 3 aromatic carbocycles. The van der Waals surface area contributed by atoms with Gasteiger partial charge in [0.05, 0.1) is 105 Å². The van der Waals surface area contributed by atoms with E-state index >= 15 is 4.39 Å². The summed E-state index contributed by atoms with van der Waals surface area (Å²) in [6.07, 6.45) is 1.78. The van der Waals surface area contributed by atoms with Crippen molar-refractivity contribution in [2.45, 2.75) is 18.6 Å². The van der Waals surface area contributed by atoms with Gasteiger partial charge in [0.1, 0.15) is 17.9 Å². The molecule has 0 aliphatic carbocycles. The van der Waals surface area contributed by atoms with E-state index in [4.69, 9.17) is 37.9 Å². The fourth-order valence-corrected chi connectivity index (χ4v) is 6.07. The normalized spacial score (nSPS) is 15.4. The molecule has 5 rings (SSSR count). The number of halogens is 3. The Balaban J connectivity index is 0.00000794. The molecule has 0 radical (unpaired) electrons. The van der Waals surface area contributed by atoms with Crippen molar-refractivity contribution in [2.75, 3.05) is 113 Å². The van der Waals surface area contributed by atoms with Gasteiger partial charge < -0.3 is 53.8 Å². The zero-order valence-corrected chi connectivity index (χ0v) is 34.4. The fourth-order valence-electron chi connectivity index (χ4n) is 6.07. The Hall–Kier alpha value is -4.43. The van der Waals surface area contributed by atoms with Crippen LogP contribution in [-0.2, 0) is 39.7 Å². The topological polar surface area (TPSA) is 174 Å². The number of fused-ring (bicyclic) bond motifs is 1. The van der Waals surface area contributed by atoms with E-state index in [1.807, 2.05) is 12.1 Å². The number of hydrogen-bond donors (Lipinski definition) is 3. The van der Waals surface area contributed by atoms with Gasteiger partial charge in [-0.15, -0.1) is 12.4 Å². The lowest BCUT2D eigenvalue weighted by molar-refractivity contribution is -0.0199. The summed E-state index contributed by atoms with van der Waals surface area (Å²) in [5.74, 6) is -4.22. The van der Waals surface area contributed by atoms with E-state index < -0.39 is 34.9 Å². The second-order valence-corrected chi connectivity index (χ2v) is 13.4. The quantitative estimate of drug-likeness (QED) is 0.0721. The predicted octanol–water partition coefficient (Wildman–Crippen LogP) is 3.18. The molecule has 60 heavy (non-hydrogen) atoms. The zero-order chi connectivity index (χ0) is 41.7. The Labute approximate surface area is 354 Å². The van der Waals surface area contributed by atoms with Crippen molar-refractivity contribution in [1.29, 1.82) is 0 Å². The standard InChI is InChI=1S/C42H52F2N4O11.ClH/c1-52-10-11-53-12-13-54-14-15-55-16-17-56-18-19-57-20-21-58-22-23-59-37-9-8-34(43)39(44)38(37)40(49)29-2-4-30(5-3-29)41(50)47-35-27-46-28-36(35)48-42(51)31-6-7-32-25-45-26-33(32)24-31;/h2-9,24-25,35-36,46H,10-23,26-28H2,1H3,(H,47,50)(H,48,51);1H/t35-,36-;/m1./s1. The molecule has 328 valence electrons. The molecular weight excluding hydrogens is 810 g/mol. The van der Waals surface area contributed by atoms with Crippen LogP contribution in [0.5, 0.6) is 5.75 Å². The molecular formula is C42H53ClF2N4O11. The smallest absolute Gasteiger partial charge is 0.251 e. The van der Waals surface area contributed by atoms with Crippen LogP contribution in [0, 0.1) is 11.6 Å². The van der Waals surface area contributed by atoms with Crippen LogP contribution >= 0.6 is 12.4 Å². The Morgan fingerprint density at radius 3 is 1.68 bits per heavy atom. The number of hydrogen-bond acceptors (Lipinski definition) is 13. The number of amides is 2. The van der Waals surface area contributed by atoms with E-state index in [1.165, 1.54) is 30.3 Å². The summed E-state index contributed by atoms with van der Waals surface area (Å²) in [7, 11) is 1.62. The largest absolute Gasteiger partial charge is 0.490 e. The highest BCUT2D eigenvalue weighted by molar-refractivity contribution is 6.11. The molecule has 2 aliphatic heterocycles. The lowest BCUT2D eigenvalue weighted by Gasteiger charge is -2.21. The lowest BCUT2D eigenvalue weighted by Crippen LogP contribution is -2.51. The van der Waals surface area contributed by atoms with Crippen molar-refractivity contribution in [3.63, 3.8) is 0 Å².